The monoisotopic (exact) mass is 488 g/mol. The highest BCUT2D eigenvalue weighted by Crippen LogP contribution is 2.39. The molecule has 0 amide bonds. The summed E-state index contributed by atoms with van der Waals surface area (Å²) in [6.45, 7) is 1.79. The zero-order valence-electron chi connectivity index (χ0n) is 17.8. The molecule has 0 saturated carbocycles. The van der Waals surface area contributed by atoms with Gasteiger partial charge in [-0.25, -0.2) is 4.79 Å². The van der Waals surface area contributed by atoms with Gasteiger partial charge >= 0.3 is 18.3 Å². The number of Topliss-reactive ketones (excluding diaryl/α,β-unsaturated/α-hetero) is 1. The normalized spacial score (nSPS) is 16.8. The minimum absolute atomic E-state index is 0.00164. The molecule has 0 aliphatic carbocycles. The van der Waals surface area contributed by atoms with E-state index in [2.05, 4.69) is 4.74 Å². The smallest absolute Gasteiger partial charge is 0.416 e. The standard InChI is InChI=1S/C23H18F6O5/c1-3-15-11-18(30)19(21(31)32-2)20(34-15)12-4-6-16(7-5-12)33-17-9-13(22(24,25)26)8-14(10-17)23(27,28)29/h4-10,15H,3,11H2,1-2H3. The van der Waals surface area contributed by atoms with Crippen molar-refractivity contribution in [1.29, 1.82) is 0 Å². The Bertz CT molecular complexity index is 1080. The third-order valence-corrected chi connectivity index (χ3v) is 4.96. The summed E-state index contributed by atoms with van der Waals surface area (Å²) in [6, 6.07) is 6.14. The summed E-state index contributed by atoms with van der Waals surface area (Å²) in [5.41, 5.74) is -3.03. The van der Waals surface area contributed by atoms with Crippen LogP contribution in [0.5, 0.6) is 11.5 Å². The van der Waals surface area contributed by atoms with Gasteiger partial charge in [-0.2, -0.15) is 26.3 Å². The number of methoxy groups -OCH3 is 1. The summed E-state index contributed by atoms with van der Waals surface area (Å²) in [6.07, 6.45) is -10.0. The number of hydrogen-bond donors (Lipinski definition) is 0. The van der Waals surface area contributed by atoms with E-state index >= 15 is 0 Å². The number of esters is 1. The molecule has 34 heavy (non-hydrogen) atoms. The minimum atomic E-state index is -5.01. The molecule has 2 aromatic rings. The predicted octanol–water partition coefficient (Wildman–Crippen LogP) is 6.17. The van der Waals surface area contributed by atoms with Gasteiger partial charge in [0.2, 0.25) is 0 Å². The van der Waals surface area contributed by atoms with Gasteiger partial charge in [0.15, 0.2) is 5.78 Å². The van der Waals surface area contributed by atoms with Crippen LogP contribution in [0.15, 0.2) is 48.0 Å². The lowest BCUT2D eigenvalue weighted by Crippen LogP contribution is -2.29. The summed E-state index contributed by atoms with van der Waals surface area (Å²) in [4.78, 5) is 24.5. The first kappa shape index (κ1) is 25.1. The Morgan fingerprint density at radius 2 is 1.53 bits per heavy atom. The van der Waals surface area contributed by atoms with Crippen LogP contribution in [0.25, 0.3) is 5.76 Å². The number of rotatable bonds is 5. The average Bonchev–Trinajstić information content (AvgIpc) is 2.77. The van der Waals surface area contributed by atoms with E-state index in [9.17, 15) is 35.9 Å². The minimum Gasteiger partial charge on any atom is -0.488 e. The topological polar surface area (TPSA) is 61.8 Å². The molecule has 11 heteroatoms. The second-order valence-corrected chi connectivity index (χ2v) is 7.34. The van der Waals surface area contributed by atoms with Crippen molar-refractivity contribution in [3.05, 3.63) is 64.7 Å². The van der Waals surface area contributed by atoms with E-state index in [1.807, 2.05) is 0 Å². The van der Waals surface area contributed by atoms with Crippen LogP contribution in [0.1, 0.15) is 36.5 Å². The van der Waals surface area contributed by atoms with Gasteiger partial charge in [-0.15, -0.1) is 0 Å². The summed E-state index contributed by atoms with van der Waals surface area (Å²) < 4.78 is 94.0. The van der Waals surface area contributed by atoms with Crippen molar-refractivity contribution in [2.75, 3.05) is 7.11 Å². The van der Waals surface area contributed by atoms with E-state index in [-0.39, 0.29) is 35.1 Å². The van der Waals surface area contributed by atoms with Gasteiger partial charge in [-0.05, 0) is 48.9 Å². The molecule has 0 fully saturated rings. The lowest BCUT2D eigenvalue weighted by atomic mass is 9.96. The van der Waals surface area contributed by atoms with Crippen LogP contribution >= 0.6 is 0 Å². The Morgan fingerprint density at radius 3 is 2.00 bits per heavy atom. The molecular weight excluding hydrogens is 470 g/mol. The lowest BCUT2D eigenvalue weighted by Gasteiger charge is -2.26. The maximum atomic E-state index is 13.1. The lowest BCUT2D eigenvalue weighted by molar-refractivity contribution is -0.143. The number of hydrogen-bond acceptors (Lipinski definition) is 5. The van der Waals surface area contributed by atoms with Gasteiger partial charge in [0.1, 0.15) is 28.9 Å². The first-order valence-corrected chi connectivity index (χ1v) is 9.93. The van der Waals surface area contributed by atoms with Gasteiger partial charge in [0, 0.05) is 12.0 Å². The average molecular weight is 488 g/mol. The van der Waals surface area contributed by atoms with E-state index in [1.54, 1.807) is 6.92 Å². The molecule has 5 nitrogen and oxygen atoms in total. The van der Waals surface area contributed by atoms with Crippen LogP contribution in [-0.4, -0.2) is 25.0 Å². The molecule has 1 unspecified atom stereocenters. The fourth-order valence-electron chi connectivity index (χ4n) is 3.25. The molecule has 0 N–H and O–H groups in total. The summed E-state index contributed by atoms with van der Waals surface area (Å²) in [5, 5.41) is 0. The first-order chi connectivity index (χ1) is 15.8. The van der Waals surface area contributed by atoms with E-state index in [0.717, 1.165) is 7.11 Å². The largest absolute Gasteiger partial charge is 0.488 e. The van der Waals surface area contributed by atoms with E-state index in [4.69, 9.17) is 9.47 Å². The van der Waals surface area contributed by atoms with E-state index in [1.165, 1.54) is 24.3 Å². The fourth-order valence-corrected chi connectivity index (χ4v) is 3.25. The molecule has 1 heterocycles. The Hall–Kier alpha value is -3.50. The molecular formula is C23H18F6O5. The Balaban J connectivity index is 1.96. The molecule has 2 aromatic carbocycles. The van der Waals surface area contributed by atoms with Crippen molar-refractivity contribution < 1.29 is 50.1 Å². The molecule has 0 bridgehead atoms. The first-order valence-electron chi connectivity index (χ1n) is 9.93. The maximum absolute atomic E-state index is 13.1. The number of ketones is 1. The second-order valence-electron chi connectivity index (χ2n) is 7.34. The number of benzene rings is 2. The van der Waals surface area contributed by atoms with Gasteiger partial charge in [-0.3, -0.25) is 4.79 Å². The van der Waals surface area contributed by atoms with Gasteiger partial charge < -0.3 is 14.2 Å². The van der Waals surface area contributed by atoms with Crippen LogP contribution in [0.4, 0.5) is 26.3 Å². The predicted molar refractivity (Wildman–Crippen MR) is 107 cm³/mol. The van der Waals surface area contributed by atoms with Crippen LogP contribution in [0.3, 0.4) is 0 Å². The highest BCUT2D eigenvalue weighted by atomic mass is 19.4. The van der Waals surface area contributed by atoms with E-state index < -0.39 is 47.1 Å². The van der Waals surface area contributed by atoms with Crippen molar-refractivity contribution in [2.45, 2.75) is 38.2 Å². The summed E-state index contributed by atoms with van der Waals surface area (Å²) >= 11 is 0. The van der Waals surface area contributed by atoms with Crippen LogP contribution in [0, 0.1) is 0 Å². The molecule has 0 spiro atoms. The molecule has 1 atom stereocenters. The SMILES string of the molecule is CCC1CC(=O)C(C(=O)OC)=C(c2ccc(Oc3cc(C(F)(F)F)cc(C(F)(F)F)c3)cc2)O1. The highest BCUT2D eigenvalue weighted by Gasteiger charge is 2.37. The van der Waals surface area contributed by atoms with E-state index in [0.29, 0.717) is 18.6 Å². The van der Waals surface area contributed by atoms with Crippen molar-refractivity contribution in [3.8, 4) is 11.5 Å². The third-order valence-electron chi connectivity index (χ3n) is 4.96. The van der Waals surface area contributed by atoms with Crippen molar-refractivity contribution in [1.82, 2.24) is 0 Å². The van der Waals surface area contributed by atoms with Crippen molar-refractivity contribution in [2.24, 2.45) is 0 Å². The Labute approximate surface area is 189 Å². The molecule has 0 saturated heterocycles. The van der Waals surface area contributed by atoms with Crippen LogP contribution in [-0.2, 0) is 31.4 Å². The number of ether oxygens (including phenoxy) is 3. The molecule has 0 radical (unpaired) electrons. The summed E-state index contributed by atoms with van der Waals surface area (Å²) in [7, 11) is 1.10. The van der Waals surface area contributed by atoms with Crippen molar-refractivity contribution in [3.63, 3.8) is 0 Å². The second kappa shape index (κ2) is 9.40. The molecule has 1 aliphatic rings. The summed E-state index contributed by atoms with van der Waals surface area (Å²) in [5.74, 6) is -2.13. The van der Waals surface area contributed by atoms with Gasteiger partial charge in [0.25, 0.3) is 0 Å². The molecule has 182 valence electrons. The molecule has 1 aliphatic heterocycles. The fraction of sp³-hybridized carbons (Fsp3) is 0.304. The quantitative estimate of drug-likeness (QED) is 0.286. The Morgan fingerprint density at radius 1 is 0.971 bits per heavy atom. The zero-order chi connectivity index (χ0) is 25.3. The number of carbonyl (C=O) groups is 2. The zero-order valence-corrected chi connectivity index (χ0v) is 17.8. The van der Waals surface area contributed by atoms with Crippen molar-refractivity contribution >= 4 is 17.5 Å². The molecule has 0 aromatic heterocycles. The number of halogens is 6. The van der Waals surface area contributed by atoms with Gasteiger partial charge in [0.05, 0.1) is 18.2 Å². The maximum Gasteiger partial charge on any atom is 0.416 e. The number of alkyl halides is 6. The van der Waals surface area contributed by atoms with Crippen LogP contribution in [0.2, 0.25) is 0 Å². The Kier molecular flexibility index (Phi) is 6.94. The highest BCUT2D eigenvalue weighted by molar-refractivity contribution is 6.22. The van der Waals surface area contributed by atoms with Crippen LogP contribution < -0.4 is 4.74 Å². The number of carbonyl (C=O) groups excluding carboxylic acids is 2. The third kappa shape index (κ3) is 5.52. The van der Waals surface area contributed by atoms with Gasteiger partial charge in [-0.1, -0.05) is 6.92 Å². The molecule has 3 rings (SSSR count).